The molecule has 21 heavy (non-hydrogen) atoms. The number of fused-ring (bicyclic) bond motifs is 1. The minimum Gasteiger partial charge on any atom is -0.294 e. The third-order valence-corrected chi connectivity index (χ3v) is 4.09. The van der Waals surface area contributed by atoms with E-state index in [2.05, 4.69) is 20.9 Å². The first-order chi connectivity index (χ1) is 10.1. The number of hydrogen-bond acceptors (Lipinski definition) is 2. The van der Waals surface area contributed by atoms with Crippen LogP contribution in [0.25, 0.3) is 22.0 Å². The van der Waals surface area contributed by atoms with E-state index in [9.17, 15) is 4.79 Å². The van der Waals surface area contributed by atoms with Gasteiger partial charge in [0.2, 0.25) is 0 Å². The average molecular weight is 340 g/mol. The van der Waals surface area contributed by atoms with Gasteiger partial charge in [-0.3, -0.25) is 9.78 Å². The summed E-state index contributed by atoms with van der Waals surface area (Å²) in [6.07, 6.45) is 0. The Bertz CT molecular complexity index is 838. The van der Waals surface area contributed by atoms with Gasteiger partial charge in [0.25, 0.3) is 0 Å². The number of Topliss-reactive ketones (excluding diaryl/α,β-unsaturated/α-hetero) is 1. The lowest BCUT2D eigenvalue weighted by molar-refractivity contribution is 0.101. The lowest BCUT2D eigenvalue weighted by Gasteiger charge is -2.14. The van der Waals surface area contributed by atoms with E-state index in [1.54, 1.807) is 6.92 Å². The van der Waals surface area contributed by atoms with E-state index in [1.807, 2.05) is 55.5 Å². The first kappa shape index (κ1) is 14.0. The number of carbonyl (C=O) groups excluding carboxylic acids is 1. The number of rotatable bonds is 2. The van der Waals surface area contributed by atoms with Crippen molar-refractivity contribution in [3.05, 3.63) is 64.3 Å². The Morgan fingerprint density at radius 2 is 1.71 bits per heavy atom. The second kappa shape index (κ2) is 5.41. The zero-order valence-corrected chi connectivity index (χ0v) is 13.4. The van der Waals surface area contributed by atoms with Crippen molar-refractivity contribution in [1.29, 1.82) is 0 Å². The summed E-state index contributed by atoms with van der Waals surface area (Å²) in [4.78, 5) is 16.7. The van der Waals surface area contributed by atoms with Crippen molar-refractivity contribution in [2.45, 2.75) is 13.8 Å². The summed E-state index contributed by atoms with van der Waals surface area (Å²) in [5, 5.41) is 1.01. The number of aromatic nitrogens is 1. The summed E-state index contributed by atoms with van der Waals surface area (Å²) >= 11 is 3.45. The molecule has 0 saturated heterocycles. The predicted octanol–water partition coefficient (Wildman–Crippen LogP) is 5.18. The molecule has 2 nitrogen and oxygen atoms in total. The van der Waals surface area contributed by atoms with Gasteiger partial charge >= 0.3 is 0 Å². The fourth-order valence-electron chi connectivity index (χ4n) is 2.68. The minimum absolute atomic E-state index is 0.0451. The monoisotopic (exact) mass is 339 g/mol. The van der Waals surface area contributed by atoms with E-state index >= 15 is 0 Å². The number of halogens is 1. The summed E-state index contributed by atoms with van der Waals surface area (Å²) in [5.74, 6) is 0.0451. The Labute approximate surface area is 132 Å². The molecule has 104 valence electrons. The van der Waals surface area contributed by atoms with Crippen LogP contribution in [0.5, 0.6) is 0 Å². The molecule has 0 aliphatic carbocycles. The number of para-hydroxylation sites is 1. The second-order valence-corrected chi connectivity index (χ2v) is 5.94. The summed E-state index contributed by atoms with van der Waals surface area (Å²) < 4.78 is 1.02. The highest BCUT2D eigenvalue weighted by atomic mass is 79.9. The van der Waals surface area contributed by atoms with Crippen molar-refractivity contribution in [1.82, 2.24) is 4.98 Å². The Morgan fingerprint density at radius 3 is 2.38 bits per heavy atom. The minimum atomic E-state index is 0.0451. The summed E-state index contributed by atoms with van der Waals surface area (Å²) in [6.45, 7) is 3.49. The van der Waals surface area contributed by atoms with Gasteiger partial charge in [0.05, 0.1) is 5.52 Å². The zero-order chi connectivity index (χ0) is 15.0. The van der Waals surface area contributed by atoms with Crippen LogP contribution in [-0.4, -0.2) is 10.8 Å². The maximum absolute atomic E-state index is 12.1. The molecule has 0 radical (unpaired) electrons. The zero-order valence-electron chi connectivity index (χ0n) is 11.9. The topological polar surface area (TPSA) is 30.0 Å². The fraction of sp³-hybridized carbons (Fsp3) is 0.111. The highest BCUT2D eigenvalue weighted by Gasteiger charge is 2.17. The van der Waals surface area contributed by atoms with Crippen LogP contribution in [0.1, 0.15) is 23.0 Å². The smallest absolute Gasteiger partial charge is 0.162 e. The molecule has 2 aromatic carbocycles. The van der Waals surface area contributed by atoms with Crippen LogP contribution in [-0.2, 0) is 0 Å². The third kappa shape index (κ3) is 2.49. The molecular formula is C18H14BrNO. The van der Waals surface area contributed by atoms with E-state index in [4.69, 9.17) is 0 Å². The molecule has 0 atom stereocenters. The highest BCUT2D eigenvalue weighted by molar-refractivity contribution is 9.10. The van der Waals surface area contributed by atoms with Crippen molar-refractivity contribution in [3.8, 4) is 11.1 Å². The van der Waals surface area contributed by atoms with E-state index in [0.29, 0.717) is 5.56 Å². The summed E-state index contributed by atoms with van der Waals surface area (Å²) in [6, 6.07) is 16.0. The lowest BCUT2D eigenvalue weighted by atomic mass is 9.92. The maximum Gasteiger partial charge on any atom is 0.162 e. The van der Waals surface area contributed by atoms with Gasteiger partial charge in [-0.2, -0.15) is 0 Å². The van der Waals surface area contributed by atoms with Crippen molar-refractivity contribution in [3.63, 3.8) is 0 Å². The SMILES string of the molecule is CC(=O)c1c(C)nc2ccccc2c1-c1ccc(Br)cc1. The van der Waals surface area contributed by atoms with Gasteiger partial charge in [-0.05, 0) is 37.6 Å². The van der Waals surface area contributed by atoms with Gasteiger partial charge in [0, 0.05) is 26.7 Å². The van der Waals surface area contributed by atoms with Gasteiger partial charge in [-0.25, -0.2) is 0 Å². The van der Waals surface area contributed by atoms with Crippen LogP contribution in [0.2, 0.25) is 0 Å². The number of pyridine rings is 1. The van der Waals surface area contributed by atoms with Crippen LogP contribution < -0.4 is 0 Å². The molecule has 0 unspecified atom stereocenters. The number of nitrogens with zero attached hydrogens (tertiary/aromatic N) is 1. The summed E-state index contributed by atoms with van der Waals surface area (Å²) in [7, 11) is 0. The van der Waals surface area contributed by atoms with Gasteiger partial charge in [0.15, 0.2) is 5.78 Å². The molecule has 0 aliphatic rings. The molecular weight excluding hydrogens is 326 g/mol. The molecule has 0 bridgehead atoms. The van der Waals surface area contributed by atoms with Crippen LogP contribution in [0.4, 0.5) is 0 Å². The first-order valence-corrected chi connectivity index (χ1v) is 7.53. The van der Waals surface area contributed by atoms with Gasteiger partial charge < -0.3 is 0 Å². The highest BCUT2D eigenvalue weighted by Crippen LogP contribution is 2.33. The number of ketones is 1. The second-order valence-electron chi connectivity index (χ2n) is 5.03. The predicted molar refractivity (Wildman–Crippen MR) is 89.6 cm³/mol. The molecule has 0 spiro atoms. The van der Waals surface area contributed by atoms with Crippen LogP contribution in [0.3, 0.4) is 0 Å². The molecule has 0 aliphatic heterocycles. The van der Waals surface area contributed by atoms with E-state index in [-0.39, 0.29) is 5.78 Å². The van der Waals surface area contributed by atoms with Gasteiger partial charge in [-0.15, -0.1) is 0 Å². The standard InChI is InChI=1S/C18H14BrNO/c1-11-17(12(2)21)18(13-7-9-14(19)10-8-13)15-5-3-4-6-16(15)20-11/h3-10H,1-2H3. The maximum atomic E-state index is 12.1. The third-order valence-electron chi connectivity index (χ3n) is 3.56. The van der Waals surface area contributed by atoms with Crippen LogP contribution in [0, 0.1) is 6.92 Å². The van der Waals surface area contributed by atoms with Crippen molar-refractivity contribution in [2.24, 2.45) is 0 Å². The molecule has 0 fully saturated rings. The van der Waals surface area contributed by atoms with E-state index in [0.717, 1.165) is 32.2 Å². The lowest BCUT2D eigenvalue weighted by Crippen LogP contribution is -2.03. The molecule has 3 rings (SSSR count). The molecule has 0 amide bonds. The normalized spacial score (nSPS) is 10.8. The molecule has 0 saturated carbocycles. The quantitative estimate of drug-likeness (QED) is 0.602. The number of carbonyl (C=O) groups is 1. The Balaban J connectivity index is 2.44. The molecule has 3 heteroatoms. The average Bonchev–Trinajstić information content (AvgIpc) is 2.46. The van der Waals surface area contributed by atoms with Gasteiger partial charge in [0.1, 0.15) is 0 Å². The van der Waals surface area contributed by atoms with E-state index in [1.165, 1.54) is 0 Å². The van der Waals surface area contributed by atoms with Crippen molar-refractivity contribution in [2.75, 3.05) is 0 Å². The Hall–Kier alpha value is -2.00. The number of aryl methyl sites for hydroxylation is 1. The van der Waals surface area contributed by atoms with Crippen molar-refractivity contribution < 1.29 is 4.79 Å². The largest absolute Gasteiger partial charge is 0.294 e. The first-order valence-electron chi connectivity index (χ1n) is 6.74. The fourth-order valence-corrected chi connectivity index (χ4v) is 2.95. The number of hydrogen-bond donors (Lipinski definition) is 0. The summed E-state index contributed by atoms with van der Waals surface area (Å²) in [5.41, 5.74) is 4.40. The molecule has 0 N–H and O–H groups in total. The Kier molecular flexibility index (Phi) is 3.60. The van der Waals surface area contributed by atoms with Crippen LogP contribution in [0.15, 0.2) is 53.0 Å². The number of benzene rings is 2. The Morgan fingerprint density at radius 1 is 1.05 bits per heavy atom. The van der Waals surface area contributed by atoms with Gasteiger partial charge in [-0.1, -0.05) is 46.3 Å². The van der Waals surface area contributed by atoms with E-state index < -0.39 is 0 Å². The molecule has 3 aromatic rings. The molecule has 1 heterocycles. The van der Waals surface area contributed by atoms with Crippen LogP contribution >= 0.6 is 15.9 Å². The van der Waals surface area contributed by atoms with Crippen molar-refractivity contribution >= 4 is 32.6 Å². The molecule has 1 aromatic heterocycles.